The van der Waals surface area contributed by atoms with Crippen molar-refractivity contribution in [3.05, 3.63) is 498 Å². The molecule has 23 rings (SSSR count). The molecule has 644 valence electrons. The number of fused-ring (bicyclic) bond motifs is 4. The van der Waals surface area contributed by atoms with Gasteiger partial charge in [-0.2, -0.15) is 0 Å². The fourth-order valence-electron chi connectivity index (χ4n) is 18.0. The summed E-state index contributed by atoms with van der Waals surface area (Å²) in [6, 6.07) is 145. The Labute approximate surface area is 790 Å². The van der Waals surface area contributed by atoms with E-state index in [9.17, 15) is 0 Å². The van der Waals surface area contributed by atoms with E-state index in [2.05, 4.69) is 391 Å². The second kappa shape index (κ2) is 38.1. The second-order valence-electron chi connectivity index (χ2n) is 33.8. The Morgan fingerprint density at radius 3 is 0.993 bits per heavy atom. The van der Waals surface area contributed by atoms with Crippen molar-refractivity contribution in [3.8, 4) is 197 Å². The topological polar surface area (TPSA) is 147 Å². The van der Waals surface area contributed by atoms with Gasteiger partial charge in [-0.1, -0.05) is 373 Å². The average molecular weight is 1750 g/mol. The molecule has 0 spiro atoms. The molecule has 0 atom stereocenters. The van der Waals surface area contributed by atoms with Gasteiger partial charge in [0.05, 0.1) is 51.1 Å². The molecule has 0 N–H and O–H groups in total. The lowest BCUT2D eigenvalue weighted by atomic mass is 9.79. The molecule has 0 fully saturated rings. The van der Waals surface area contributed by atoms with E-state index in [1.165, 1.54) is 61.2 Å². The minimum atomic E-state index is -0.0712. The first-order valence-electron chi connectivity index (χ1n) is 45.4. The molecule has 0 amide bonds. The number of rotatable bonds is 19. The van der Waals surface area contributed by atoms with Gasteiger partial charge in [-0.3, -0.25) is 24.5 Å². The molecule has 0 unspecified atom stereocenters. The normalized spacial score (nSPS) is 11.6. The molecule has 14 aromatic carbocycles. The lowest BCUT2D eigenvalue weighted by Gasteiger charge is -2.24. The molecule has 0 aliphatic heterocycles. The number of aromatic nitrogens is 12. The number of imidazole rings is 1. The van der Waals surface area contributed by atoms with Gasteiger partial charge in [-0.15, -0.1) is 0 Å². The van der Waals surface area contributed by atoms with Crippen LogP contribution in [-0.2, 0) is 5.41 Å². The maximum absolute atomic E-state index is 5.04. The number of nitrogens with zero attached hydrogens (tertiary/aromatic N) is 12. The van der Waals surface area contributed by atoms with Crippen molar-refractivity contribution in [2.24, 2.45) is 0 Å². The fraction of sp³-hybridized carbons (Fsp3) is 0.0242. The van der Waals surface area contributed by atoms with Gasteiger partial charge in [0.15, 0.2) is 17.5 Å². The van der Waals surface area contributed by atoms with Crippen LogP contribution < -0.4 is 0 Å². The predicted octanol–water partition coefficient (Wildman–Crippen LogP) is 30.6. The average Bonchev–Trinajstić information content (AvgIpc) is 1.57. The molecule has 8 aromatic heterocycles. The number of hydrogen-bond acceptors (Lipinski definition) is 11. The van der Waals surface area contributed by atoms with E-state index < -0.39 is 0 Å². The van der Waals surface area contributed by atoms with Crippen molar-refractivity contribution in [1.29, 1.82) is 0 Å². The van der Waals surface area contributed by atoms with E-state index in [-0.39, 0.29) is 5.41 Å². The quantitative estimate of drug-likeness (QED) is 0.0762. The maximum Gasteiger partial charge on any atom is 0.161 e. The SMILES string of the molecule is C=Cc1nc(-c2ccc(-c3ccc(-c4cc(-c5ccc(-c6ccccc6)cc5)nc(-c5cccnc5)n4)cc3)cc2)n(-c2ccccc2)c1C=C.CC1(C)c2ccccc2-c2cccc(-c3ccc(-c4cc(-c5ccc(-c6ccccc6)cc5)nc(-c5ccncc5)n4)cc3)c21.c1ccc(-c2ccc(-c3cc(-c4ccc(-c5cccc6cccnc56)cc4)nc(-c4ccncc4)n3)cc2)cc1. The van der Waals surface area contributed by atoms with Crippen LogP contribution in [0.3, 0.4) is 0 Å². The van der Waals surface area contributed by atoms with Crippen LogP contribution in [0.5, 0.6) is 0 Å². The van der Waals surface area contributed by atoms with Crippen LogP contribution in [0.4, 0.5) is 0 Å². The first kappa shape index (κ1) is 84.7. The van der Waals surface area contributed by atoms with E-state index in [1.807, 2.05) is 91.1 Å². The standard InChI is InChI=1S/C46H33N5.C42H31N3.C36H24N4/c1-3-41-44(4-2)51(40-15-9-6-10-16-40)46(50-41)38-27-21-35(22-28-38)34-19-25-37(26-20-34)43-30-42(48-45(49-43)39-14-11-29-47-31-39)36-23-17-33(18-24-36)32-12-7-5-8-13-32;1-42(2)37-14-7-6-11-35(37)36-13-8-12-34(40(36)42)30-17-21-32(22-18-30)39-27-38(44-41(45-39)33-23-25-43-26-24-33)31-19-15-29(16-20-31)28-9-4-3-5-10-28;1-2-6-25(7-3-1)26-11-15-28(16-12-26)33-24-34(40-36(39-33)31-19-22-37-23-20-31)29-17-13-27(14-18-29)32-10-4-8-30-9-5-21-38-35(30)32/h3-31H,1-2H2;3-27H,1-2H3;1-24H. The molecule has 0 saturated carbocycles. The van der Waals surface area contributed by atoms with Crippen LogP contribution in [0, 0.1) is 0 Å². The van der Waals surface area contributed by atoms with Crippen LogP contribution in [0.25, 0.3) is 220 Å². The molecule has 0 bridgehead atoms. The molecule has 1 aliphatic rings. The summed E-state index contributed by atoms with van der Waals surface area (Å²) >= 11 is 0. The minimum absolute atomic E-state index is 0.0712. The van der Waals surface area contributed by atoms with Gasteiger partial charge in [-0.05, 0) is 168 Å². The van der Waals surface area contributed by atoms with Gasteiger partial charge in [0.2, 0.25) is 0 Å². The van der Waals surface area contributed by atoms with Crippen molar-refractivity contribution >= 4 is 23.1 Å². The van der Waals surface area contributed by atoms with E-state index in [0.717, 1.165) is 151 Å². The lowest BCUT2D eigenvalue weighted by Crippen LogP contribution is -2.16. The van der Waals surface area contributed by atoms with Crippen molar-refractivity contribution in [1.82, 2.24) is 59.4 Å². The van der Waals surface area contributed by atoms with Crippen molar-refractivity contribution in [2.75, 3.05) is 0 Å². The van der Waals surface area contributed by atoms with E-state index in [4.69, 9.17) is 34.9 Å². The molecular weight excluding hydrogens is 1660 g/mol. The van der Waals surface area contributed by atoms with Gasteiger partial charge >= 0.3 is 0 Å². The molecule has 22 aromatic rings. The first-order chi connectivity index (χ1) is 67.1. The maximum atomic E-state index is 5.04. The van der Waals surface area contributed by atoms with Crippen LogP contribution in [0.1, 0.15) is 36.4 Å². The lowest BCUT2D eigenvalue weighted by molar-refractivity contribution is 0.662. The zero-order chi connectivity index (χ0) is 91.7. The third-order valence-corrected chi connectivity index (χ3v) is 25.0. The summed E-state index contributed by atoms with van der Waals surface area (Å²) in [6.45, 7) is 12.7. The summed E-state index contributed by atoms with van der Waals surface area (Å²) in [7, 11) is 0. The molecule has 12 heteroatoms. The summed E-state index contributed by atoms with van der Waals surface area (Å²) in [5.41, 5.74) is 38.2. The molecule has 1 aliphatic carbocycles. The zero-order valence-corrected chi connectivity index (χ0v) is 74.8. The molecular formula is C124H88N12. The smallest absolute Gasteiger partial charge is 0.161 e. The van der Waals surface area contributed by atoms with Gasteiger partial charge in [0.25, 0.3) is 0 Å². The Bertz CT molecular complexity index is 8020. The summed E-state index contributed by atoms with van der Waals surface area (Å²) in [4.78, 5) is 52.2. The van der Waals surface area contributed by atoms with Crippen LogP contribution in [0.2, 0.25) is 0 Å². The molecule has 12 nitrogen and oxygen atoms in total. The van der Waals surface area contributed by atoms with Crippen molar-refractivity contribution in [2.45, 2.75) is 19.3 Å². The first-order valence-corrected chi connectivity index (χ1v) is 45.4. The van der Waals surface area contributed by atoms with Gasteiger partial charge in [0, 0.05) is 121 Å². The highest BCUT2D eigenvalue weighted by atomic mass is 15.1. The number of hydrogen-bond donors (Lipinski definition) is 0. The number of pyridine rings is 4. The number of para-hydroxylation sites is 2. The highest BCUT2D eigenvalue weighted by Gasteiger charge is 2.37. The van der Waals surface area contributed by atoms with Crippen LogP contribution >= 0.6 is 0 Å². The van der Waals surface area contributed by atoms with Crippen molar-refractivity contribution < 1.29 is 0 Å². The number of benzene rings is 14. The third-order valence-electron chi connectivity index (χ3n) is 25.0. The van der Waals surface area contributed by atoms with E-state index in [0.29, 0.717) is 17.5 Å². The monoisotopic (exact) mass is 1740 g/mol. The Morgan fingerprint density at radius 1 is 0.243 bits per heavy atom. The predicted molar refractivity (Wildman–Crippen MR) is 557 cm³/mol. The van der Waals surface area contributed by atoms with Crippen LogP contribution in [0.15, 0.2) is 475 Å². The summed E-state index contributed by atoms with van der Waals surface area (Å²) in [6.07, 6.45) is 16.1. The van der Waals surface area contributed by atoms with Gasteiger partial charge in [0.1, 0.15) is 5.82 Å². The Hall–Kier alpha value is -18.1. The summed E-state index contributed by atoms with van der Waals surface area (Å²) in [5.74, 6) is 2.83. The summed E-state index contributed by atoms with van der Waals surface area (Å²) in [5, 5.41) is 1.13. The molecule has 8 heterocycles. The summed E-state index contributed by atoms with van der Waals surface area (Å²) < 4.78 is 2.13. The highest BCUT2D eigenvalue weighted by molar-refractivity contribution is 5.95. The second-order valence-corrected chi connectivity index (χ2v) is 33.8. The van der Waals surface area contributed by atoms with Crippen LogP contribution in [-0.4, -0.2) is 59.4 Å². The van der Waals surface area contributed by atoms with E-state index in [1.54, 1.807) is 43.3 Å². The van der Waals surface area contributed by atoms with Gasteiger partial charge < -0.3 is 0 Å². The highest BCUT2D eigenvalue weighted by Crippen LogP contribution is 2.52. The van der Waals surface area contributed by atoms with Gasteiger partial charge in [-0.25, -0.2) is 34.9 Å². The Morgan fingerprint density at radius 2 is 0.574 bits per heavy atom. The largest absolute Gasteiger partial charge is 0.292 e. The zero-order valence-electron chi connectivity index (χ0n) is 74.8. The minimum Gasteiger partial charge on any atom is -0.292 e. The van der Waals surface area contributed by atoms with E-state index >= 15 is 0 Å². The fourth-order valence-corrected chi connectivity index (χ4v) is 18.0. The molecule has 0 radical (unpaired) electrons. The molecule has 136 heavy (non-hydrogen) atoms. The Kier molecular flexibility index (Phi) is 23.7. The molecule has 0 saturated heterocycles. The third kappa shape index (κ3) is 17.7. The Balaban J connectivity index is 0.000000123. The van der Waals surface area contributed by atoms with Crippen molar-refractivity contribution in [3.63, 3.8) is 0 Å².